The van der Waals surface area contributed by atoms with Crippen LogP contribution in [0, 0.1) is 20.8 Å². The molecule has 0 amide bonds. The zero-order chi connectivity index (χ0) is 14.7. The molecule has 106 valence electrons. The van der Waals surface area contributed by atoms with E-state index in [0.717, 1.165) is 28.4 Å². The van der Waals surface area contributed by atoms with Crippen LogP contribution < -0.4 is 0 Å². The molecule has 1 aromatic heterocycles. The maximum absolute atomic E-state index is 12.4. The van der Waals surface area contributed by atoms with Crippen molar-refractivity contribution in [3.63, 3.8) is 0 Å². The summed E-state index contributed by atoms with van der Waals surface area (Å²) in [5, 5.41) is 0. The second-order valence-electron chi connectivity index (χ2n) is 5.05. The number of hydrogen-bond acceptors (Lipinski definition) is 2. The lowest BCUT2D eigenvalue weighted by Gasteiger charge is -2.06. The summed E-state index contributed by atoms with van der Waals surface area (Å²) in [6.45, 7) is 9.17. The van der Waals surface area contributed by atoms with Crippen LogP contribution in [0.5, 0.6) is 0 Å². The summed E-state index contributed by atoms with van der Waals surface area (Å²) in [7, 11) is 0. The Labute approximate surface area is 125 Å². The Bertz CT molecular complexity index is 611. The fourth-order valence-corrected chi connectivity index (χ4v) is 3.21. The second-order valence-corrected chi connectivity index (χ2v) is 6.10. The normalized spacial score (nSPS) is 10.8. The van der Waals surface area contributed by atoms with E-state index >= 15 is 0 Å². The molecule has 2 rings (SSSR count). The number of benzene rings is 1. The third-order valence-electron chi connectivity index (χ3n) is 3.58. The van der Waals surface area contributed by atoms with E-state index in [9.17, 15) is 4.79 Å². The van der Waals surface area contributed by atoms with E-state index in [1.807, 2.05) is 13.0 Å². The highest BCUT2D eigenvalue weighted by Crippen LogP contribution is 2.22. The van der Waals surface area contributed by atoms with Gasteiger partial charge in [0.25, 0.3) is 0 Å². The van der Waals surface area contributed by atoms with Gasteiger partial charge in [0.2, 0.25) is 0 Å². The molecule has 0 atom stereocenters. The van der Waals surface area contributed by atoms with Crippen molar-refractivity contribution in [3.8, 4) is 0 Å². The Morgan fingerprint density at radius 2 is 1.80 bits per heavy atom. The molecule has 0 aliphatic rings. The summed E-state index contributed by atoms with van der Waals surface area (Å²) in [6.07, 6.45) is 0. The monoisotopic (exact) mass is 287 g/mol. The number of aryl methyl sites for hydroxylation is 2. The van der Waals surface area contributed by atoms with Gasteiger partial charge in [-0.05, 0) is 45.9 Å². The average molecular weight is 287 g/mol. The first-order valence-electron chi connectivity index (χ1n) is 6.92. The predicted octanol–water partition coefficient (Wildman–Crippen LogP) is 4.41. The van der Waals surface area contributed by atoms with Crippen LogP contribution in [-0.2, 0) is 6.54 Å². The maximum atomic E-state index is 12.4. The molecule has 0 fully saturated rings. The first kappa shape index (κ1) is 14.9. The zero-order valence-electron chi connectivity index (χ0n) is 12.6. The Morgan fingerprint density at radius 3 is 2.35 bits per heavy atom. The van der Waals surface area contributed by atoms with Crippen molar-refractivity contribution < 1.29 is 4.79 Å². The van der Waals surface area contributed by atoms with E-state index in [2.05, 4.69) is 49.6 Å². The SMILES string of the molecule is CCn1c(C)cc(C(=O)CSc2ccc(C)cc2)c1C. The van der Waals surface area contributed by atoms with Crippen molar-refractivity contribution in [2.45, 2.75) is 39.1 Å². The van der Waals surface area contributed by atoms with Crippen LogP contribution >= 0.6 is 11.8 Å². The van der Waals surface area contributed by atoms with Gasteiger partial charge < -0.3 is 4.57 Å². The Balaban J connectivity index is 2.07. The molecule has 0 N–H and O–H groups in total. The van der Waals surface area contributed by atoms with E-state index in [1.54, 1.807) is 11.8 Å². The smallest absolute Gasteiger partial charge is 0.174 e. The van der Waals surface area contributed by atoms with Crippen molar-refractivity contribution in [1.82, 2.24) is 4.57 Å². The van der Waals surface area contributed by atoms with Crippen LogP contribution in [0.2, 0.25) is 0 Å². The summed E-state index contributed by atoms with van der Waals surface area (Å²) in [5.74, 6) is 0.709. The van der Waals surface area contributed by atoms with Gasteiger partial charge in [-0.2, -0.15) is 0 Å². The Morgan fingerprint density at radius 1 is 1.15 bits per heavy atom. The first-order valence-corrected chi connectivity index (χ1v) is 7.91. The highest BCUT2D eigenvalue weighted by molar-refractivity contribution is 8.00. The number of Topliss-reactive ketones (excluding diaryl/α,β-unsaturated/α-hetero) is 1. The predicted molar refractivity (Wildman–Crippen MR) is 85.8 cm³/mol. The molecular formula is C17H21NOS. The molecule has 0 aliphatic heterocycles. The molecule has 0 radical (unpaired) electrons. The summed E-state index contributed by atoms with van der Waals surface area (Å²) < 4.78 is 2.18. The number of hydrogen-bond donors (Lipinski definition) is 0. The van der Waals surface area contributed by atoms with E-state index in [0.29, 0.717) is 5.75 Å². The fraction of sp³-hybridized carbons (Fsp3) is 0.353. The van der Waals surface area contributed by atoms with E-state index < -0.39 is 0 Å². The summed E-state index contributed by atoms with van der Waals surface area (Å²) in [6, 6.07) is 10.3. The number of nitrogens with zero attached hydrogens (tertiary/aromatic N) is 1. The molecule has 0 bridgehead atoms. The van der Waals surface area contributed by atoms with E-state index in [-0.39, 0.29) is 5.78 Å². The van der Waals surface area contributed by atoms with Crippen molar-refractivity contribution in [1.29, 1.82) is 0 Å². The van der Waals surface area contributed by atoms with Gasteiger partial charge in [-0.1, -0.05) is 17.7 Å². The van der Waals surface area contributed by atoms with Gasteiger partial charge in [-0.25, -0.2) is 0 Å². The van der Waals surface area contributed by atoms with E-state index in [1.165, 1.54) is 5.56 Å². The van der Waals surface area contributed by atoms with Gasteiger partial charge in [0.05, 0.1) is 5.75 Å². The largest absolute Gasteiger partial charge is 0.349 e. The molecule has 2 aromatic rings. The van der Waals surface area contributed by atoms with Gasteiger partial charge in [-0.3, -0.25) is 4.79 Å². The van der Waals surface area contributed by atoms with Gasteiger partial charge >= 0.3 is 0 Å². The van der Waals surface area contributed by atoms with Crippen molar-refractivity contribution in [3.05, 3.63) is 52.8 Å². The maximum Gasteiger partial charge on any atom is 0.174 e. The lowest BCUT2D eigenvalue weighted by Crippen LogP contribution is -2.05. The number of rotatable bonds is 5. The summed E-state index contributed by atoms with van der Waals surface area (Å²) >= 11 is 1.60. The minimum Gasteiger partial charge on any atom is -0.349 e. The zero-order valence-corrected chi connectivity index (χ0v) is 13.4. The van der Waals surface area contributed by atoms with Gasteiger partial charge in [0.1, 0.15) is 0 Å². The molecule has 0 saturated heterocycles. The molecule has 0 unspecified atom stereocenters. The minimum absolute atomic E-state index is 0.211. The standard InChI is InChI=1S/C17H21NOS/c1-5-18-13(3)10-16(14(18)4)17(19)11-20-15-8-6-12(2)7-9-15/h6-10H,5,11H2,1-4H3. The van der Waals surface area contributed by atoms with E-state index in [4.69, 9.17) is 0 Å². The molecule has 20 heavy (non-hydrogen) atoms. The highest BCUT2D eigenvalue weighted by Gasteiger charge is 2.15. The molecule has 0 spiro atoms. The highest BCUT2D eigenvalue weighted by atomic mass is 32.2. The molecular weight excluding hydrogens is 266 g/mol. The summed E-state index contributed by atoms with van der Waals surface area (Å²) in [4.78, 5) is 13.5. The van der Waals surface area contributed by atoms with Crippen molar-refractivity contribution in [2.75, 3.05) is 5.75 Å². The number of carbonyl (C=O) groups excluding carboxylic acids is 1. The lowest BCUT2D eigenvalue weighted by atomic mass is 10.2. The quantitative estimate of drug-likeness (QED) is 0.600. The number of ketones is 1. The number of carbonyl (C=O) groups is 1. The topological polar surface area (TPSA) is 22.0 Å². The minimum atomic E-state index is 0.211. The van der Waals surface area contributed by atoms with Crippen molar-refractivity contribution >= 4 is 17.5 Å². The number of aromatic nitrogens is 1. The molecule has 0 saturated carbocycles. The number of thioether (sulfide) groups is 1. The van der Waals surface area contributed by atoms with Crippen LogP contribution in [0.25, 0.3) is 0 Å². The van der Waals surface area contributed by atoms with Crippen LogP contribution in [0.4, 0.5) is 0 Å². The lowest BCUT2D eigenvalue weighted by molar-refractivity contribution is 0.102. The molecule has 1 aromatic carbocycles. The average Bonchev–Trinajstić information content (AvgIpc) is 2.72. The fourth-order valence-electron chi connectivity index (χ4n) is 2.43. The second kappa shape index (κ2) is 6.31. The van der Waals surface area contributed by atoms with Crippen LogP contribution in [0.1, 0.15) is 34.2 Å². The summed E-state index contributed by atoms with van der Waals surface area (Å²) in [5.41, 5.74) is 4.35. The first-order chi connectivity index (χ1) is 9.52. The van der Waals surface area contributed by atoms with Crippen molar-refractivity contribution in [2.24, 2.45) is 0 Å². The molecule has 2 nitrogen and oxygen atoms in total. The molecule has 3 heteroatoms. The molecule has 1 heterocycles. The van der Waals surface area contributed by atoms with Gasteiger partial charge in [-0.15, -0.1) is 11.8 Å². The van der Waals surface area contributed by atoms with Gasteiger partial charge in [0.15, 0.2) is 5.78 Å². The third kappa shape index (κ3) is 3.15. The van der Waals surface area contributed by atoms with Crippen LogP contribution in [-0.4, -0.2) is 16.1 Å². The molecule has 0 aliphatic carbocycles. The van der Waals surface area contributed by atoms with Crippen LogP contribution in [0.3, 0.4) is 0 Å². The Kier molecular flexibility index (Phi) is 4.71. The van der Waals surface area contributed by atoms with Gasteiger partial charge in [0, 0.05) is 28.4 Å². The Hall–Kier alpha value is -1.48. The third-order valence-corrected chi connectivity index (χ3v) is 4.59. The van der Waals surface area contributed by atoms with Crippen LogP contribution in [0.15, 0.2) is 35.2 Å².